The van der Waals surface area contributed by atoms with Crippen LogP contribution in [0.25, 0.3) is 0 Å². The summed E-state index contributed by atoms with van der Waals surface area (Å²) >= 11 is 0. The van der Waals surface area contributed by atoms with Gasteiger partial charge in [0.15, 0.2) is 0 Å². The molecule has 3 aromatic carbocycles. The van der Waals surface area contributed by atoms with Crippen LogP contribution in [0.15, 0.2) is 97.3 Å². The smallest absolute Gasteiger partial charge is 0.255 e. The average Bonchev–Trinajstić information content (AvgIpc) is 3.05. The average molecular weight is 577 g/mol. The van der Waals surface area contributed by atoms with Gasteiger partial charge in [0.25, 0.3) is 11.8 Å². The number of carbonyl (C=O) groups excluding carboxylic acids is 2. The van der Waals surface area contributed by atoms with Gasteiger partial charge in [-0.05, 0) is 91.3 Å². The quantitative estimate of drug-likeness (QED) is 0.179. The van der Waals surface area contributed by atoms with E-state index in [9.17, 15) is 9.59 Å². The minimum absolute atomic E-state index is 0.185. The Hall–Kier alpha value is -4.65. The molecule has 2 amide bonds. The molecule has 1 fully saturated rings. The first-order valence-corrected chi connectivity index (χ1v) is 15.2. The van der Waals surface area contributed by atoms with Crippen LogP contribution in [0.1, 0.15) is 64.4 Å². The van der Waals surface area contributed by atoms with Crippen LogP contribution in [0.3, 0.4) is 0 Å². The Labute approximate surface area is 254 Å². The van der Waals surface area contributed by atoms with Crippen LogP contribution in [0, 0.1) is 5.92 Å². The Morgan fingerprint density at radius 2 is 1.67 bits per heavy atom. The maximum atomic E-state index is 13.6. The van der Waals surface area contributed by atoms with Gasteiger partial charge >= 0.3 is 0 Å². The third-order valence-corrected chi connectivity index (χ3v) is 7.88. The Kier molecular flexibility index (Phi) is 10.4. The maximum Gasteiger partial charge on any atom is 0.255 e. The van der Waals surface area contributed by atoms with Crippen molar-refractivity contribution in [2.75, 3.05) is 29.9 Å². The number of anilines is 2. The summed E-state index contributed by atoms with van der Waals surface area (Å²) in [5, 5.41) is 6.02. The lowest BCUT2D eigenvalue weighted by molar-refractivity contribution is 0.0950. The van der Waals surface area contributed by atoms with E-state index >= 15 is 0 Å². The number of nitrogens with zero attached hydrogens (tertiary/aromatic N) is 2. The SMILES string of the molecule is CCCCOc1ccc(C(=O)Nc2ccc(N3CCC(Cc4ccccc4)CC3)c(C(=O)NCc3cccnc3)c2)cc1. The Balaban J connectivity index is 1.29. The van der Waals surface area contributed by atoms with Gasteiger partial charge in [-0.3, -0.25) is 14.6 Å². The van der Waals surface area contributed by atoms with Crippen LogP contribution in [-0.2, 0) is 13.0 Å². The van der Waals surface area contributed by atoms with Crippen molar-refractivity contribution in [3.63, 3.8) is 0 Å². The number of piperidine rings is 1. The van der Waals surface area contributed by atoms with E-state index in [0.717, 1.165) is 62.2 Å². The summed E-state index contributed by atoms with van der Waals surface area (Å²) in [6.45, 7) is 4.89. The van der Waals surface area contributed by atoms with Gasteiger partial charge in [-0.15, -0.1) is 0 Å². The van der Waals surface area contributed by atoms with Gasteiger partial charge in [-0.25, -0.2) is 0 Å². The molecule has 0 spiro atoms. The van der Waals surface area contributed by atoms with E-state index in [1.807, 2.05) is 36.4 Å². The van der Waals surface area contributed by atoms with E-state index in [1.54, 1.807) is 30.6 Å². The topological polar surface area (TPSA) is 83.6 Å². The van der Waals surface area contributed by atoms with Crippen LogP contribution in [0.2, 0.25) is 0 Å². The van der Waals surface area contributed by atoms with E-state index in [1.165, 1.54) is 5.56 Å². The Morgan fingerprint density at radius 1 is 0.907 bits per heavy atom. The first-order valence-electron chi connectivity index (χ1n) is 15.2. The third-order valence-electron chi connectivity index (χ3n) is 7.88. The van der Waals surface area contributed by atoms with Crippen molar-refractivity contribution in [3.05, 3.63) is 120 Å². The molecular formula is C36H40N4O3. The second-order valence-corrected chi connectivity index (χ2v) is 11.1. The van der Waals surface area contributed by atoms with Crippen molar-refractivity contribution >= 4 is 23.2 Å². The van der Waals surface area contributed by atoms with Crippen LogP contribution in [0.4, 0.5) is 11.4 Å². The largest absolute Gasteiger partial charge is 0.494 e. The molecule has 1 aliphatic heterocycles. The molecule has 2 heterocycles. The molecule has 0 radical (unpaired) electrons. The van der Waals surface area contributed by atoms with Crippen molar-refractivity contribution in [1.82, 2.24) is 10.3 Å². The summed E-state index contributed by atoms with van der Waals surface area (Å²) in [5.74, 6) is 0.934. The van der Waals surface area contributed by atoms with Gasteiger partial charge < -0.3 is 20.3 Å². The Bertz CT molecular complexity index is 1470. The number of hydrogen-bond acceptors (Lipinski definition) is 5. The number of benzene rings is 3. The zero-order valence-corrected chi connectivity index (χ0v) is 24.8. The maximum absolute atomic E-state index is 13.6. The van der Waals surface area contributed by atoms with E-state index in [4.69, 9.17) is 4.74 Å². The summed E-state index contributed by atoms with van der Waals surface area (Å²) < 4.78 is 5.72. The molecule has 1 aliphatic rings. The molecule has 0 bridgehead atoms. The lowest BCUT2D eigenvalue weighted by atomic mass is 9.89. The number of nitrogens with one attached hydrogen (secondary N) is 2. The molecular weight excluding hydrogens is 536 g/mol. The van der Waals surface area contributed by atoms with Gasteiger partial charge in [0.05, 0.1) is 12.2 Å². The molecule has 4 aromatic rings. The van der Waals surface area contributed by atoms with Gasteiger partial charge in [0.1, 0.15) is 5.75 Å². The summed E-state index contributed by atoms with van der Waals surface area (Å²) in [6.07, 6.45) is 8.70. The fourth-order valence-electron chi connectivity index (χ4n) is 5.42. The second kappa shape index (κ2) is 15.0. The summed E-state index contributed by atoms with van der Waals surface area (Å²) in [5.41, 5.74) is 4.81. The molecule has 1 aromatic heterocycles. The van der Waals surface area contributed by atoms with E-state index in [2.05, 4.69) is 57.8 Å². The van der Waals surface area contributed by atoms with Crippen molar-refractivity contribution < 1.29 is 14.3 Å². The predicted molar refractivity (Wildman–Crippen MR) is 172 cm³/mol. The lowest BCUT2D eigenvalue weighted by Crippen LogP contribution is -2.36. The standard InChI is InChI=1S/C36H40N4O3/c1-2-3-22-43-32-14-11-30(12-15-32)35(41)39-31-13-16-34(33(24-31)36(42)38-26-29-10-7-19-37-25-29)40-20-17-28(18-21-40)23-27-8-5-4-6-9-27/h4-16,19,24-25,28H,2-3,17-18,20-23,26H2,1H3,(H,38,42)(H,39,41). The number of pyridine rings is 1. The van der Waals surface area contributed by atoms with E-state index in [-0.39, 0.29) is 11.8 Å². The highest BCUT2D eigenvalue weighted by molar-refractivity contribution is 6.06. The van der Waals surface area contributed by atoms with Gasteiger partial charge in [0.2, 0.25) is 0 Å². The molecule has 0 aliphatic carbocycles. The zero-order valence-electron chi connectivity index (χ0n) is 24.8. The first-order chi connectivity index (χ1) is 21.1. The molecule has 1 saturated heterocycles. The highest BCUT2D eigenvalue weighted by Crippen LogP contribution is 2.30. The predicted octanol–water partition coefficient (Wildman–Crippen LogP) is 6.90. The van der Waals surface area contributed by atoms with Crippen molar-refractivity contribution in [1.29, 1.82) is 0 Å². The number of amides is 2. The van der Waals surface area contributed by atoms with Crippen LogP contribution < -0.4 is 20.3 Å². The van der Waals surface area contributed by atoms with E-state index < -0.39 is 0 Å². The molecule has 0 saturated carbocycles. The molecule has 43 heavy (non-hydrogen) atoms. The molecule has 7 heteroatoms. The highest BCUT2D eigenvalue weighted by Gasteiger charge is 2.24. The fourth-order valence-corrected chi connectivity index (χ4v) is 5.42. The number of carbonyl (C=O) groups is 2. The molecule has 0 unspecified atom stereocenters. The first kappa shape index (κ1) is 29.8. The van der Waals surface area contributed by atoms with Gasteiger partial charge in [-0.1, -0.05) is 49.7 Å². The molecule has 2 N–H and O–H groups in total. The molecule has 5 rings (SSSR count). The van der Waals surface area contributed by atoms with Crippen molar-refractivity contribution in [2.45, 2.75) is 45.6 Å². The van der Waals surface area contributed by atoms with Crippen LogP contribution >= 0.6 is 0 Å². The second-order valence-electron chi connectivity index (χ2n) is 11.1. The number of aromatic nitrogens is 1. The third kappa shape index (κ3) is 8.44. The van der Waals surface area contributed by atoms with E-state index in [0.29, 0.717) is 35.9 Å². The zero-order chi connectivity index (χ0) is 29.9. The Morgan fingerprint density at radius 3 is 2.40 bits per heavy atom. The summed E-state index contributed by atoms with van der Waals surface area (Å²) in [4.78, 5) is 33.1. The van der Waals surface area contributed by atoms with Crippen LogP contribution in [0.5, 0.6) is 5.75 Å². The molecule has 7 nitrogen and oxygen atoms in total. The monoisotopic (exact) mass is 576 g/mol. The summed E-state index contributed by atoms with van der Waals surface area (Å²) in [6, 6.07) is 27.2. The minimum atomic E-state index is -0.240. The normalized spacial score (nSPS) is 13.4. The van der Waals surface area contributed by atoms with Crippen molar-refractivity contribution in [2.24, 2.45) is 5.92 Å². The molecule has 222 valence electrons. The van der Waals surface area contributed by atoms with Crippen molar-refractivity contribution in [3.8, 4) is 5.75 Å². The van der Waals surface area contributed by atoms with Crippen LogP contribution in [-0.4, -0.2) is 36.5 Å². The fraction of sp³-hybridized carbons (Fsp3) is 0.306. The van der Waals surface area contributed by atoms with Gasteiger partial charge in [-0.2, -0.15) is 0 Å². The number of ether oxygens (including phenoxy) is 1. The number of hydrogen-bond donors (Lipinski definition) is 2. The lowest BCUT2D eigenvalue weighted by Gasteiger charge is -2.35. The minimum Gasteiger partial charge on any atom is -0.494 e. The highest BCUT2D eigenvalue weighted by atomic mass is 16.5. The summed E-state index contributed by atoms with van der Waals surface area (Å²) in [7, 11) is 0. The van der Waals surface area contributed by atoms with Gasteiger partial charge in [0, 0.05) is 49.0 Å². The molecule has 0 atom stereocenters. The number of rotatable bonds is 12. The number of unbranched alkanes of at least 4 members (excludes halogenated alkanes) is 1.